The van der Waals surface area contributed by atoms with Crippen LogP contribution >= 0.6 is 22.9 Å². The van der Waals surface area contributed by atoms with E-state index < -0.39 is 0 Å². The maximum absolute atomic E-state index is 13.0. The molecule has 0 saturated carbocycles. The average Bonchev–Trinajstić information content (AvgIpc) is 3.46. The van der Waals surface area contributed by atoms with E-state index in [-0.39, 0.29) is 18.7 Å². The zero-order valence-electron chi connectivity index (χ0n) is 19.7. The highest BCUT2D eigenvalue weighted by Crippen LogP contribution is 2.39. The van der Waals surface area contributed by atoms with Crippen LogP contribution in [0.25, 0.3) is 10.9 Å². The highest BCUT2D eigenvalue weighted by Gasteiger charge is 2.35. The number of hydrogen-bond acceptors (Lipinski definition) is 7. The molecule has 3 heterocycles. The number of methoxy groups -OCH3 is 1. The molecule has 36 heavy (non-hydrogen) atoms. The molecule has 2 aromatic heterocycles. The summed E-state index contributed by atoms with van der Waals surface area (Å²) in [6.45, 7) is 1.94. The summed E-state index contributed by atoms with van der Waals surface area (Å²) in [7, 11) is 1.57. The van der Waals surface area contributed by atoms with Crippen molar-refractivity contribution in [3.8, 4) is 5.75 Å². The van der Waals surface area contributed by atoms with Crippen molar-refractivity contribution in [1.29, 1.82) is 5.41 Å². The van der Waals surface area contributed by atoms with Crippen LogP contribution in [0.4, 0.5) is 4.79 Å². The number of aromatic amines is 1. The van der Waals surface area contributed by atoms with E-state index in [0.29, 0.717) is 48.3 Å². The number of nitrogens with one attached hydrogen (secondary N) is 2. The first-order valence-corrected chi connectivity index (χ1v) is 12.8. The molecule has 9 nitrogen and oxygen atoms in total. The van der Waals surface area contributed by atoms with Crippen LogP contribution in [-0.2, 0) is 22.4 Å². The fraction of sp³-hybridized carbons (Fsp3) is 0.320. The molecule has 0 aliphatic carbocycles. The van der Waals surface area contributed by atoms with Gasteiger partial charge in [0.15, 0.2) is 4.80 Å². The largest absolute Gasteiger partial charge is 0.492 e. The Morgan fingerprint density at radius 1 is 1.22 bits per heavy atom. The van der Waals surface area contributed by atoms with Crippen LogP contribution in [-0.4, -0.2) is 59.2 Å². The Bertz CT molecular complexity index is 1410. The molecule has 0 bridgehead atoms. The first-order chi connectivity index (χ1) is 17.5. The first-order valence-electron chi connectivity index (χ1n) is 11.6. The Balaban J connectivity index is 1.41. The van der Waals surface area contributed by atoms with Gasteiger partial charge in [-0.1, -0.05) is 35.1 Å². The van der Waals surface area contributed by atoms with E-state index in [1.807, 2.05) is 42.5 Å². The van der Waals surface area contributed by atoms with Crippen molar-refractivity contribution >= 4 is 39.9 Å². The molecule has 4 aromatic rings. The number of ether oxygens (including phenoxy) is 3. The van der Waals surface area contributed by atoms with Gasteiger partial charge in [0.25, 0.3) is 0 Å². The van der Waals surface area contributed by atoms with Crippen molar-refractivity contribution in [1.82, 2.24) is 19.7 Å². The van der Waals surface area contributed by atoms with Crippen LogP contribution in [0.5, 0.6) is 5.75 Å². The molecule has 2 N–H and O–H groups in total. The van der Waals surface area contributed by atoms with Gasteiger partial charge in [-0.25, -0.2) is 9.48 Å². The van der Waals surface area contributed by atoms with Gasteiger partial charge in [0, 0.05) is 35.3 Å². The summed E-state index contributed by atoms with van der Waals surface area (Å²) in [5, 5.41) is 13.7. The number of amides is 1. The van der Waals surface area contributed by atoms with Crippen molar-refractivity contribution in [3.05, 3.63) is 74.6 Å². The van der Waals surface area contributed by atoms with Gasteiger partial charge < -0.3 is 19.2 Å². The molecule has 1 aliphatic heterocycles. The summed E-state index contributed by atoms with van der Waals surface area (Å²) in [6.07, 6.45) is 0.310. The van der Waals surface area contributed by atoms with E-state index in [4.69, 9.17) is 31.2 Å². The van der Waals surface area contributed by atoms with E-state index >= 15 is 0 Å². The van der Waals surface area contributed by atoms with Gasteiger partial charge in [-0.3, -0.25) is 10.3 Å². The Labute approximate surface area is 216 Å². The predicted molar refractivity (Wildman–Crippen MR) is 137 cm³/mol. The maximum Gasteiger partial charge on any atom is 0.410 e. The molecule has 188 valence electrons. The molecule has 11 heteroatoms. The topological polar surface area (TPSA) is 105 Å². The first kappa shape index (κ1) is 24.4. The van der Waals surface area contributed by atoms with Crippen LogP contribution in [0.2, 0.25) is 5.02 Å². The SMILES string of the molecule is COCCOC(=O)N1CCc2c([nH]c3ccc(Cl)cc23)C1c1ccc(OCCn2ncsc2=N)cc1. The minimum atomic E-state index is -0.383. The van der Waals surface area contributed by atoms with Crippen LogP contribution in [0.15, 0.2) is 48.0 Å². The number of aromatic nitrogens is 3. The van der Waals surface area contributed by atoms with Crippen LogP contribution in [0, 0.1) is 5.41 Å². The number of carbonyl (C=O) groups excluding carboxylic acids is 1. The van der Waals surface area contributed by atoms with Crippen LogP contribution in [0.3, 0.4) is 0 Å². The molecule has 1 amide bonds. The third kappa shape index (κ3) is 4.97. The van der Waals surface area contributed by atoms with Crippen molar-refractivity contribution < 1.29 is 19.0 Å². The third-order valence-corrected chi connectivity index (χ3v) is 7.06. The van der Waals surface area contributed by atoms with Crippen molar-refractivity contribution in [2.75, 3.05) is 33.5 Å². The Morgan fingerprint density at radius 3 is 2.81 bits per heavy atom. The normalized spacial score (nSPS) is 15.2. The Kier molecular flexibility index (Phi) is 7.26. The van der Waals surface area contributed by atoms with Crippen LogP contribution in [0.1, 0.15) is 22.9 Å². The highest BCUT2D eigenvalue weighted by molar-refractivity contribution is 7.06. The maximum atomic E-state index is 13.0. The number of carbonyl (C=O) groups is 1. The van der Waals surface area contributed by atoms with Gasteiger partial charge in [0.1, 0.15) is 30.5 Å². The quantitative estimate of drug-likeness (QED) is 0.331. The number of benzene rings is 2. The van der Waals surface area contributed by atoms with Crippen molar-refractivity contribution in [2.24, 2.45) is 0 Å². The van der Waals surface area contributed by atoms with Gasteiger partial charge in [0.05, 0.1) is 13.2 Å². The molecule has 0 spiro atoms. The summed E-state index contributed by atoms with van der Waals surface area (Å²) in [4.78, 5) is 18.7. The summed E-state index contributed by atoms with van der Waals surface area (Å²) >= 11 is 7.56. The fourth-order valence-corrected chi connectivity index (χ4v) is 5.19. The standard InChI is InChI=1S/C25H26ClN5O4S/c1-33-12-13-35-25(32)30-9-8-19-20-14-17(26)4-7-21(20)29-22(19)23(30)16-2-5-18(6-3-16)34-11-10-31-24(27)36-15-28-31/h2-7,14-15,23,27,29H,8-13H2,1H3. The summed E-state index contributed by atoms with van der Waals surface area (Å²) in [6, 6.07) is 13.2. The minimum absolute atomic E-state index is 0.192. The van der Waals surface area contributed by atoms with Crippen molar-refractivity contribution in [3.63, 3.8) is 0 Å². The molecule has 0 saturated heterocycles. The lowest BCUT2D eigenvalue weighted by atomic mass is 9.92. The lowest BCUT2D eigenvalue weighted by Gasteiger charge is -2.35. The number of rotatable bonds is 8. The highest BCUT2D eigenvalue weighted by atomic mass is 35.5. The number of H-pyrrole nitrogens is 1. The molecule has 1 unspecified atom stereocenters. The van der Waals surface area contributed by atoms with Gasteiger partial charge in [-0.05, 0) is 47.9 Å². The fourth-order valence-electron chi connectivity index (χ4n) is 4.50. The molecule has 2 aromatic carbocycles. The second kappa shape index (κ2) is 10.7. The second-order valence-corrected chi connectivity index (χ2v) is 9.61. The monoisotopic (exact) mass is 527 g/mol. The van der Waals surface area contributed by atoms with Gasteiger partial charge in [-0.2, -0.15) is 5.10 Å². The molecule has 0 fully saturated rings. The summed E-state index contributed by atoms with van der Waals surface area (Å²) in [5.41, 5.74) is 5.67. The Hall–Kier alpha value is -3.34. The molecule has 1 aliphatic rings. The number of hydrogen-bond donors (Lipinski definition) is 2. The van der Waals surface area contributed by atoms with Crippen LogP contribution < -0.4 is 9.54 Å². The zero-order chi connectivity index (χ0) is 25.1. The predicted octanol–water partition coefficient (Wildman–Crippen LogP) is 4.37. The lowest BCUT2D eigenvalue weighted by Crippen LogP contribution is -2.41. The molecular weight excluding hydrogens is 502 g/mol. The molecular formula is C25H26ClN5O4S. The minimum Gasteiger partial charge on any atom is -0.492 e. The summed E-state index contributed by atoms with van der Waals surface area (Å²) < 4.78 is 18.0. The van der Waals surface area contributed by atoms with E-state index in [9.17, 15) is 4.79 Å². The number of fused-ring (bicyclic) bond motifs is 3. The van der Waals surface area contributed by atoms with Gasteiger partial charge >= 0.3 is 6.09 Å². The van der Waals surface area contributed by atoms with Gasteiger partial charge in [0.2, 0.25) is 0 Å². The van der Waals surface area contributed by atoms with E-state index in [0.717, 1.165) is 27.7 Å². The van der Waals surface area contributed by atoms with E-state index in [2.05, 4.69) is 10.1 Å². The zero-order valence-corrected chi connectivity index (χ0v) is 21.3. The number of nitrogens with zero attached hydrogens (tertiary/aromatic N) is 3. The molecule has 0 radical (unpaired) electrons. The lowest BCUT2D eigenvalue weighted by molar-refractivity contribution is 0.0629. The third-order valence-electron chi connectivity index (χ3n) is 6.19. The molecule has 5 rings (SSSR count). The van der Waals surface area contributed by atoms with Gasteiger partial charge in [-0.15, -0.1) is 0 Å². The van der Waals surface area contributed by atoms with E-state index in [1.54, 1.807) is 22.2 Å². The van der Waals surface area contributed by atoms with E-state index in [1.165, 1.54) is 11.3 Å². The molecule has 1 atom stereocenters. The smallest absolute Gasteiger partial charge is 0.410 e. The second-order valence-electron chi connectivity index (χ2n) is 8.34. The van der Waals surface area contributed by atoms with Crippen molar-refractivity contribution in [2.45, 2.75) is 19.0 Å². The summed E-state index contributed by atoms with van der Waals surface area (Å²) in [5.74, 6) is 0.704. The Morgan fingerprint density at radius 2 is 2.06 bits per heavy atom. The average molecular weight is 528 g/mol. The number of halogens is 1.